The zero-order valence-electron chi connectivity index (χ0n) is 16.3. The first-order valence-electron chi connectivity index (χ1n) is 9.09. The summed E-state index contributed by atoms with van der Waals surface area (Å²) in [6, 6.07) is 10.1. The van der Waals surface area contributed by atoms with Crippen LogP contribution in [0.2, 0.25) is 0 Å². The molecule has 2 aromatic carbocycles. The molecule has 0 radical (unpaired) electrons. The van der Waals surface area contributed by atoms with Gasteiger partial charge in [0.15, 0.2) is 5.78 Å². The SMILES string of the molecule is CC(=O)c1c(C)cc(C)c(CSc2nnc(-c3c[nH]c4ccccc34)o2)c1C. The van der Waals surface area contributed by atoms with E-state index in [2.05, 4.69) is 28.2 Å². The number of para-hydroxylation sites is 1. The molecule has 2 aromatic heterocycles. The second-order valence-corrected chi connectivity index (χ2v) is 7.88. The maximum absolute atomic E-state index is 12.0. The van der Waals surface area contributed by atoms with Crippen LogP contribution in [0.5, 0.6) is 0 Å². The van der Waals surface area contributed by atoms with Crippen molar-refractivity contribution < 1.29 is 9.21 Å². The summed E-state index contributed by atoms with van der Waals surface area (Å²) in [6.07, 6.45) is 1.89. The van der Waals surface area contributed by atoms with Crippen molar-refractivity contribution in [2.75, 3.05) is 0 Å². The molecule has 0 saturated heterocycles. The number of hydrogen-bond acceptors (Lipinski definition) is 5. The van der Waals surface area contributed by atoms with Crippen LogP contribution in [0.3, 0.4) is 0 Å². The van der Waals surface area contributed by atoms with E-state index < -0.39 is 0 Å². The van der Waals surface area contributed by atoms with Crippen LogP contribution in [0.1, 0.15) is 39.5 Å². The van der Waals surface area contributed by atoms with Gasteiger partial charge in [0.05, 0.1) is 5.56 Å². The number of nitrogens with one attached hydrogen (secondary N) is 1. The van der Waals surface area contributed by atoms with Crippen LogP contribution >= 0.6 is 11.8 Å². The summed E-state index contributed by atoms with van der Waals surface area (Å²) in [5.41, 5.74) is 7.12. The standard InChI is InChI=1S/C22H21N3O2S/c1-12-9-13(2)20(15(4)26)14(3)18(12)11-28-22-25-24-21(27-22)17-10-23-19-8-6-5-7-16(17)19/h5-10,23H,11H2,1-4H3. The van der Waals surface area contributed by atoms with Gasteiger partial charge in [-0.25, -0.2) is 0 Å². The number of benzene rings is 2. The van der Waals surface area contributed by atoms with Gasteiger partial charge in [-0.1, -0.05) is 36.0 Å². The zero-order valence-corrected chi connectivity index (χ0v) is 17.1. The molecular weight excluding hydrogens is 370 g/mol. The summed E-state index contributed by atoms with van der Waals surface area (Å²) in [4.78, 5) is 15.2. The van der Waals surface area contributed by atoms with Gasteiger partial charge < -0.3 is 9.40 Å². The predicted molar refractivity (Wildman–Crippen MR) is 112 cm³/mol. The Labute approximate surface area is 167 Å². The summed E-state index contributed by atoms with van der Waals surface area (Å²) in [5.74, 6) is 1.27. The Balaban J connectivity index is 1.59. The van der Waals surface area contributed by atoms with Gasteiger partial charge in [-0.2, -0.15) is 0 Å². The third kappa shape index (κ3) is 3.24. The molecule has 0 aliphatic rings. The van der Waals surface area contributed by atoms with E-state index in [0.29, 0.717) is 16.9 Å². The number of aryl methyl sites for hydroxylation is 2. The summed E-state index contributed by atoms with van der Waals surface area (Å²) in [7, 11) is 0. The minimum absolute atomic E-state index is 0.0978. The fraction of sp³-hybridized carbons (Fsp3) is 0.227. The molecule has 0 saturated carbocycles. The minimum atomic E-state index is 0.0978. The number of Topliss-reactive ketones (excluding diaryl/α,β-unsaturated/α-hetero) is 1. The van der Waals surface area contributed by atoms with Gasteiger partial charge in [0.2, 0.25) is 0 Å². The van der Waals surface area contributed by atoms with E-state index in [1.807, 2.05) is 44.3 Å². The molecule has 6 heteroatoms. The largest absolute Gasteiger partial charge is 0.411 e. The van der Waals surface area contributed by atoms with Gasteiger partial charge in [-0.15, -0.1) is 10.2 Å². The van der Waals surface area contributed by atoms with Crippen molar-refractivity contribution >= 4 is 28.4 Å². The van der Waals surface area contributed by atoms with Crippen molar-refractivity contribution in [2.24, 2.45) is 0 Å². The van der Waals surface area contributed by atoms with Crippen molar-refractivity contribution in [2.45, 2.75) is 38.7 Å². The van der Waals surface area contributed by atoms with Crippen molar-refractivity contribution in [3.05, 3.63) is 64.3 Å². The number of ketones is 1. The second kappa shape index (κ2) is 7.28. The molecule has 0 bridgehead atoms. The highest BCUT2D eigenvalue weighted by Gasteiger charge is 2.17. The molecule has 0 amide bonds. The average molecular weight is 391 g/mol. The quantitative estimate of drug-likeness (QED) is 0.352. The molecule has 5 nitrogen and oxygen atoms in total. The van der Waals surface area contributed by atoms with Crippen LogP contribution < -0.4 is 0 Å². The minimum Gasteiger partial charge on any atom is -0.411 e. The lowest BCUT2D eigenvalue weighted by Crippen LogP contribution is -2.05. The fourth-order valence-corrected chi connectivity index (χ4v) is 4.70. The lowest BCUT2D eigenvalue weighted by atomic mass is 9.92. The van der Waals surface area contributed by atoms with Crippen LogP contribution in [0, 0.1) is 20.8 Å². The molecule has 2 heterocycles. The van der Waals surface area contributed by atoms with E-state index in [1.54, 1.807) is 6.92 Å². The van der Waals surface area contributed by atoms with Gasteiger partial charge in [0, 0.05) is 28.4 Å². The lowest BCUT2D eigenvalue weighted by molar-refractivity contribution is 0.101. The Morgan fingerprint density at radius 1 is 1.14 bits per heavy atom. The highest BCUT2D eigenvalue weighted by Crippen LogP contribution is 2.32. The number of rotatable bonds is 5. The lowest BCUT2D eigenvalue weighted by Gasteiger charge is -2.15. The number of carbonyl (C=O) groups excluding carboxylic acids is 1. The van der Waals surface area contributed by atoms with Crippen LogP contribution in [0.25, 0.3) is 22.4 Å². The third-order valence-corrected chi connectivity index (χ3v) is 5.89. The van der Waals surface area contributed by atoms with E-state index in [-0.39, 0.29) is 5.78 Å². The Kier molecular flexibility index (Phi) is 4.81. The van der Waals surface area contributed by atoms with Gasteiger partial charge in [-0.05, 0) is 56.0 Å². The summed E-state index contributed by atoms with van der Waals surface area (Å²) in [6.45, 7) is 7.69. The van der Waals surface area contributed by atoms with Gasteiger partial charge in [-0.3, -0.25) is 4.79 Å². The van der Waals surface area contributed by atoms with Crippen molar-refractivity contribution in [1.29, 1.82) is 0 Å². The maximum atomic E-state index is 12.0. The molecule has 0 fully saturated rings. The van der Waals surface area contributed by atoms with Gasteiger partial charge in [0.25, 0.3) is 11.1 Å². The highest BCUT2D eigenvalue weighted by molar-refractivity contribution is 7.98. The zero-order chi connectivity index (χ0) is 19.8. The van der Waals surface area contributed by atoms with E-state index in [1.165, 1.54) is 17.3 Å². The van der Waals surface area contributed by atoms with Crippen LogP contribution in [-0.4, -0.2) is 21.0 Å². The molecule has 0 atom stereocenters. The fourth-order valence-electron chi connectivity index (χ4n) is 3.75. The molecular formula is C22H21N3O2S. The number of aromatic amines is 1. The van der Waals surface area contributed by atoms with Gasteiger partial charge in [0.1, 0.15) is 0 Å². The van der Waals surface area contributed by atoms with Crippen LogP contribution in [0.15, 0.2) is 46.2 Å². The monoisotopic (exact) mass is 391 g/mol. The van der Waals surface area contributed by atoms with Crippen LogP contribution in [0.4, 0.5) is 0 Å². The highest BCUT2D eigenvalue weighted by atomic mass is 32.2. The first kappa shape index (κ1) is 18.5. The Morgan fingerprint density at radius 2 is 1.93 bits per heavy atom. The number of hydrogen-bond donors (Lipinski definition) is 1. The maximum Gasteiger partial charge on any atom is 0.277 e. The number of H-pyrrole nitrogens is 1. The predicted octanol–water partition coefficient (Wildman–Crippen LogP) is 5.64. The molecule has 1 N–H and O–H groups in total. The molecule has 0 unspecified atom stereocenters. The topological polar surface area (TPSA) is 71.8 Å². The normalized spacial score (nSPS) is 11.3. The number of thioether (sulfide) groups is 1. The van der Waals surface area contributed by atoms with Crippen molar-refractivity contribution in [3.63, 3.8) is 0 Å². The van der Waals surface area contributed by atoms with Crippen molar-refractivity contribution in [3.8, 4) is 11.5 Å². The second-order valence-electron chi connectivity index (χ2n) is 6.95. The third-order valence-electron chi connectivity index (χ3n) is 5.05. The summed E-state index contributed by atoms with van der Waals surface area (Å²) < 4.78 is 5.89. The number of nitrogens with zero attached hydrogens (tertiary/aromatic N) is 2. The molecule has 0 spiro atoms. The first-order chi connectivity index (χ1) is 13.5. The van der Waals surface area contributed by atoms with E-state index in [0.717, 1.165) is 38.7 Å². The molecule has 0 aliphatic carbocycles. The smallest absolute Gasteiger partial charge is 0.277 e. The number of aromatic nitrogens is 3. The van der Waals surface area contributed by atoms with E-state index in [4.69, 9.17) is 4.42 Å². The van der Waals surface area contributed by atoms with Gasteiger partial charge >= 0.3 is 0 Å². The van der Waals surface area contributed by atoms with E-state index in [9.17, 15) is 4.79 Å². The van der Waals surface area contributed by atoms with E-state index >= 15 is 0 Å². The van der Waals surface area contributed by atoms with Crippen LogP contribution in [-0.2, 0) is 5.75 Å². The Hall–Kier alpha value is -2.86. The molecule has 4 aromatic rings. The molecule has 0 aliphatic heterocycles. The summed E-state index contributed by atoms with van der Waals surface area (Å²) in [5, 5.41) is 9.98. The number of carbonyl (C=O) groups is 1. The molecule has 28 heavy (non-hydrogen) atoms. The Bertz CT molecular complexity index is 1190. The van der Waals surface area contributed by atoms with Crippen molar-refractivity contribution in [1.82, 2.24) is 15.2 Å². The first-order valence-corrected chi connectivity index (χ1v) is 10.1. The Morgan fingerprint density at radius 3 is 2.71 bits per heavy atom. The summed E-state index contributed by atoms with van der Waals surface area (Å²) >= 11 is 1.49. The average Bonchev–Trinajstić information content (AvgIpc) is 3.27. The number of fused-ring (bicyclic) bond motifs is 1. The molecule has 142 valence electrons. The molecule has 4 rings (SSSR count).